The zero-order valence-electron chi connectivity index (χ0n) is 37.7. The number of nitrogens with zero attached hydrogens (tertiary/aromatic N) is 4. The summed E-state index contributed by atoms with van der Waals surface area (Å²) in [6.07, 6.45) is 6.12. The van der Waals surface area contributed by atoms with Gasteiger partial charge in [-0.05, 0) is 115 Å². The summed E-state index contributed by atoms with van der Waals surface area (Å²) in [7, 11) is 0. The summed E-state index contributed by atoms with van der Waals surface area (Å²) < 4.78 is 24.7. The van der Waals surface area contributed by atoms with E-state index < -0.39 is 24.3 Å². The van der Waals surface area contributed by atoms with Gasteiger partial charge in [-0.2, -0.15) is 0 Å². The monoisotopic (exact) mass is 906 g/mol. The number of likely N-dealkylation sites (tertiary alicyclic amines) is 2. The Hall–Kier alpha value is -6.14. The van der Waals surface area contributed by atoms with Gasteiger partial charge in [0.2, 0.25) is 11.8 Å². The quantitative estimate of drug-likeness (QED) is 0.0952. The molecule has 9 atom stereocenters. The van der Waals surface area contributed by atoms with Gasteiger partial charge in [0.25, 0.3) is 0 Å². The summed E-state index contributed by atoms with van der Waals surface area (Å²) in [6.45, 7) is 9.48. The second kappa shape index (κ2) is 17.6. The molecule has 6 N–H and O–H groups in total. The zero-order valence-corrected chi connectivity index (χ0v) is 37.7. The fourth-order valence-corrected chi connectivity index (χ4v) is 11.8. The van der Waals surface area contributed by atoms with Crippen LogP contribution in [0.5, 0.6) is 11.5 Å². The lowest BCUT2D eigenvalue weighted by Crippen LogP contribution is -2.54. The molecule has 6 aliphatic rings. The molecule has 4 fully saturated rings. The highest BCUT2D eigenvalue weighted by Crippen LogP contribution is 2.51. The molecule has 4 amide bonds. The third kappa shape index (κ3) is 8.33. The van der Waals surface area contributed by atoms with Crippen molar-refractivity contribution in [3.63, 3.8) is 0 Å². The van der Waals surface area contributed by atoms with Crippen molar-refractivity contribution in [1.29, 1.82) is 0 Å². The van der Waals surface area contributed by atoms with Gasteiger partial charge in [-0.25, -0.2) is 19.6 Å². The topological polar surface area (TPSA) is 234 Å². The summed E-state index contributed by atoms with van der Waals surface area (Å²) in [4.78, 5) is 72.2. The number of carboxylic acid groups (broad SMARTS) is 2. The van der Waals surface area contributed by atoms with Crippen LogP contribution in [-0.2, 0) is 32.3 Å². The van der Waals surface area contributed by atoms with Gasteiger partial charge in [0, 0.05) is 46.5 Å². The van der Waals surface area contributed by atoms with Gasteiger partial charge in [-0.3, -0.25) is 9.59 Å². The van der Waals surface area contributed by atoms with Crippen LogP contribution in [0, 0.1) is 11.8 Å². The molecule has 18 heteroatoms. The minimum Gasteiger partial charge on any atom is -0.488 e. The molecule has 0 saturated carbocycles. The van der Waals surface area contributed by atoms with Crippen molar-refractivity contribution in [2.75, 3.05) is 13.1 Å². The molecule has 66 heavy (non-hydrogen) atoms. The highest BCUT2D eigenvalue weighted by molar-refractivity contribution is 5.89. The van der Waals surface area contributed by atoms with Crippen LogP contribution in [0.15, 0.2) is 36.7 Å². The number of nitrogens with one attached hydrogen (secondary N) is 4. The minimum atomic E-state index is -1.22. The number of aromatic nitrogens is 4. The Balaban J connectivity index is 0.864. The molecule has 6 aliphatic heterocycles. The largest absolute Gasteiger partial charge is 0.488 e. The number of ether oxygens (including phenoxy) is 4. The van der Waals surface area contributed by atoms with E-state index in [1.54, 1.807) is 22.2 Å². The van der Waals surface area contributed by atoms with E-state index in [1.807, 2.05) is 39.8 Å². The van der Waals surface area contributed by atoms with E-state index in [4.69, 9.17) is 28.9 Å². The Kier molecular flexibility index (Phi) is 11.7. The number of aromatic amines is 2. The van der Waals surface area contributed by atoms with E-state index in [2.05, 4.69) is 32.7 Å². The number of carbonyl (C=O) groups excluding carboxylic acids is 2. The van der Waals surface area contributed by atoms with E-state index in [-0.39, 0.29) is 60.1 Å². The van der Waals surface area contributed by atoms with Crippen molar-refractivity contribution in [2.45, 2.75) is 141 Å². The molecule has 4 saturated heterocycles. The first-order valence-electron chi connectivity index (χ1n) is 23.4. The molecule has 4 aromatic rings. The van der Waals surface area contributed by atoms with Gasteiger partial charge in [0.05, 0.1) is 60.3 Å². The Morgan fingerprint density at radius 2 is 1.03 bits per heavy atom. The average Bonchev–Trinajstić information content (AvgIpc) is 4.12. The second-order valence-electron chi connectivity index (χ2n) is 19.2. The van der Waals surface area contributed by atoms with Gasteiger partial charge < -0.3 is 59.6 Å². The smallest absolute Gasteiger partial charge is 0.405 e. The first-order valence-corrected chi connectivity index (χ1v) is 23.4. The highest BCUT2D eigenvalue weighted by Gasteiger charge is 2.44. The molecule has 18 nitrogen and oxygen atoms in total. The molecular weight excluding hydrogens is 849 g/mol. The van der Waals surface area contributed by atoms with Gasteiger partial charge >= 0.3 is 12.2 Å². The summed E-state index contributed by atoms with van der Waals surface area (Å²) >= 11 is 0. The Morgan fingerprint density at radius 1 is 0.636 bits per heavy atom. The number of rotatable bonds is 10. The SMILES string of the molecule is CC1CC(C(NC(=O)O)C(=O)N2CCCC2c2ncc(-c3cc4c5c(c3)OCc3cc(-c6cnc([C@H]7CCCN7C(=O)[C@@H](NC(=O)O)C7CC(C)O[C@H](C)C7)[nH]6)cc(c3-5)OC4)[nH]2)CC(C)O1. The fourth-order valence-electron chi connectivity index (χ4n) is 11.8. The summed E-state index contributed by atoms with van der Waals surface area (Å²) in [5.41, 5.74) is 7.18. The predicted molar refractivity (Wildman–Crippen MR) is 238 cm³/mol. The van der Waals surface area contributed by atoms with E-state index in [1.165, 1.54) is 0 Å². The number of amides is 4. The molecule has 0 aliphatic carbocycles. The lowest BCUT2D eigenvalue weighted by molar-refractivity contribution is -0.139. The highest BCUT2D eigenvalue weighted by atomic mass is 16.5. The number of carbonyl (C=O) groups is 4. The van der Waals surface area contributed by atoms with Crippen LogP contribution in [0.3, 0.4) is 0 Å². The van der Waals surface area contributed by atoms with Gasteiger partial charge in [-0.15, -0.1) is 0 Å². The standard InChI is InChI=1S/C48H58N8O10/c1-23-11-29(12-24(2)65-23)41(53-47(59)60)45(57)55-9-5-7-35(55)43-49-19-33(51-43)27-15-31-21-64-38-18-28(16-32-22-63-37(17-27)39(31)40(32)38)34-20-50-44(52-34)36-8-6-10-56(36)46(58)42(54-48(61)62)30-13-25(3)66-26(4)14-30/h15-20,23-26,29-30,35-36,41-42,53-54H,5-14,21-22H2,1-4H3,(H,49,51)(H,50,52)(H,59,60)(H,61,62)/t23-,24?,25?,26?,29?,30?,35-,36?,41+,42?/m1/s1. The van der Waals surface area contributed by atoms with E-state index in [0.717, 1.165) is 69.1 Å². The van der Waals surface area contributed by atoms with Crippen molar-refractivity contribution < 1.29 is 48.3 Å². The predicted octanol–water partition coefficient (Wildman–Crippen LogP) is 6.93. The molecule has 8 heterocycles. The number of H-pyrrole nitrogens is 2. The van der Waals surface area contributed by atoms with Crippen molar-refractivity contribution in [1.82, 2.24) is 40.4 Å². The Bertz CT molecular complexity index is 2300. The molecule has 6 unspecified atom stereocenters. The van der Waals surface area contributed by atoms with Crippen LogP contribution >= 0.6 is 0 Å². The van der Waals surface area contributed by atoms with Crippen molar-refractivity contribution in [2.24, 2.45) is 11.8 Å². The second-order valence-corrected chi connectivity index (χ2v) is 19.2. The van der Waals surface area contributed by atoms with Gasteiger partial charge in [0.15, 0.2) is 0 Å². The molecule has 0 spiro atoms. The van der Waals surface area contributed by atoms with Crippen LogP contribution < -0.4 is 20.1 Å². The maximum Gasteiger partial charge on any atom is 0.405 e. The van der Waals surface area contributed by atoms with E-state index in [9.17, 15) is 29.4 Å². The van der Waals surface area contributed by atoms with Crippen molar-refractivity contribution >= 4 is 24.0 Å². The number of hydrogen-bond acceptors (Lipinski definition) is 10. The third-order valence-electron chi connectivity index (χ3n) is 14.4. The number of hydrogen-bond donors (Lipinski definition) is 6. The molecular formula is C48H58N8O10. The van der Waals surface area contributed by atoms with E-state index in [0.29, 0.717) is 76.5 Å². The lowest BCUT2D eigenvalue weighted by Gasteiger charge is -2.38. The maximum atomic E-state index is 14.2. The number of imidazole rings is 2. The fraction of sp³-hybridized carbons (Fsp3) is 0.542. The van der Waals surface area contributed by atoms with Crippen molar-refractivity contribution in [3.05, 3.63) is 59.4 Å². The molecule has 0 bridgehead atoms. The average molecular weight is 907 g/mol. The molecule has 10 rings (SSSR count). The summed E-state index contributed by atoms with van der Waals surface area (Å²) in [6, 6.07) is 5.78. The minimum absolute atomic E-state index is 0.0751. The summed E-state index contributed by atoms with van der Waals surface area (Å²) in [5.74, 6) is 1.94. The third-order valence-corrected chi connectivity index (χ3v) is 14.4. The first-order chi connectivity index (χ1) is 31.8. The van der Waals surface area contributed by atoms with Crippen LogP contribution in [-0.4, -0.2) is 114 Å². The van der Waals surface area contributed by atoms with Gasteiger partial charge in [-0.1, -0.05) is 0 Å². The zero-order chi connectivity index (χ0) is 46.0. The molecule has 350 valence electrons. The molecule has 2 aromatic carbocycles. The number of benzene rings is 2. The molecule has 0 radical (unpaired) electrons. The Labute approximate surface area is 382 Å². The molecule has 2 aromatic heterocycles. The van der Waals surface area contributed by atoms with Crippen LogP contribution in [0.2, 0.25) is 0 Å². The lowest BCUT2D eigenvalue weighted by atomic mass is 9.85. The first kappa shape index (κ1) is 43.7. The van der Waals surface area contributed by atoms with E-state index >= 15 is 0 Å². The summed E-state index contributed by atoms with van der Waals surface area (Å²) in [5, 5.41) is 24.6. The maximum absolute atomic E-state index is 14.2. The van der Waals surface area contributed by atoms with Crippen molar-refractivity contribution in [3.8, 4) is 45.1 Å². The normalized spacial score (nSPS) is 27.6. The Morgan fingerprint density at radius 3 is 1.41 bits per heavy atom. The van der Waals surface area contributed by atoms with Crippen LogP contribution in [0.25, 0.3) is 33.6 Å². The van der Waals surface area contributed by atoms with Gasteiger partial charge in [0.1, 0.15) is 48.4 Å². The van der Waals surface area contributed by atoms with Crippen LogP contribution in [0.4, 0.5) is 9.59 Å². The van der Waals surface area contributed by atoms with Crippen LogP contribution in [0.1, 0.15) is 114 Å².